The third kappa shape index (κ3) is 4.31. The number of hydrogen-bond donors (Lipinski definition) is 0. The molecule has 2 rings (SSSR count). The summed E-state index contributed by atoms with van der Waals surface area (Å²) in [6.45, 7) is 1.57. The molecule has 0 radical (unpaired) electrons. The Bertz CT molecular complexity index is 738. The lowest BCUT2D eigenvalue weighted by molar-refractivity contribution is -0.139. The van der Waals surface area contributed by atoms with Crippen LogP contribution in [0.1, 0.15) is 18.1 Å². The second-order valence-electron chi connectivity index (χ2n) is 6.08. The summed E-state index contributed by atoms with van der Waals surface area (Å²) < 4.78 is 49.8. The van der Waals surface area contributed by atoms with Crippen molar-refractivity contribution in [3.8, 4) is 5.75 Å². The van der Waals surface area contributed by atoms with E-state index in [1.807, 2.05) is 0 Å². The topological polar surface area (TPSA) is 35.5 Å². The average Bonchev–Trinajstić information content (AvgIpc) is 2.60. The Hall–Kier alpha value is -1.76. The first kappa shape index (κ1) is 20.6. The van der Waals surface area contributed by atoms with E-state index < -0.39 is 17.7 Å². The Labute approximate surface area is 159 Å². The van der Waals surface area contributed by atoms with Gasteiger partial charge in [-0.05, 0) is 29.2 Å². The van der Waals surface area contributed by atoms with Gasteiger partial charge >= 0.3 is 12.1 Å². The number of hydrogen-bond acceptors (Lipinski definition) is 3. The Kier molecular flexibility index (Phi) is 6.55. The molecule has 0 aromatic heterocycles. The van der Waals surface area contributed by atoms with Gasteiger partial charge in [0.05, 0.1) is 20.6 Å². The zero-order chi connectivity index (χ0) is 19.5. The fourth-order valence-corrected chi connectivity index (χ4v) is 4.04. The van der Waals surface area contributed by atoms with Crippen molar-refractivity contribution in [1.29, 1.82) is 0 Å². The van der Waals surface area contributed by atoms with Crippen molar-refractivity contribution >= 4 is 27.5 Å². The fourth-order valence-electron chi connectivity index (χ4n) is 3.13. The highest BCUT2D eigenvalue weighted by Crippen LogP contribution is 2.45. The van der Waals surface area contributed by atoms with Gasteiger partial charge in [0.25, 0.3) is 0 Å². The summed E-state index contributed by atoms with van der Waals surface area (Å²) in [5.74, 6) is -0.919. The van der Waals surface area contributed by atoms with Gasteiger partial charge in [0.1, 0.15) is 5.75 Å². The number of methoxy groups -OCH3 is 2. The van der Waals surface area contributed by atoms with Crippen molar-refractivity contribution in [1.82, 2.24) is 0 Å². The normalized spacial score (nSPS) is 20.3. The van der Waals surface area contributed by atoms with Crippen molar-refractivity contribution in [2.75, 3.05) is 19.5 Å². The summed E-state index contributed by atoms with van der Waals surface area (Å²) in [6, 6.07) is 5.23. The maximum atomic E-state index is 13.2. The Morgan fingerprint density at radius 1 is 1.23 bits per heavy atom. The van der Waals surface area contributed by atoms with E-state index in [-0.39, 0.29) is 18.3 Å². The van der Waals surface area contributed by atoms with Gasteiger partial charge < -0.3 is 9.47 Å². The molecule has 0 N–H and O–H groups in total. The van der Waals surface area contributed by atoms with Gasteiger partial charge in [0.15, 0.2) is 0 Å². The first-order chi connectivity index (χ1) is 12.2. The molecule has 1 aliphatic carbocycles. The molecule has 2 unspecified atom stereocenters. The summed E-state index contributed by atoms with van der Waals surface area (Å²) in [5, 5.41) is 0.373. The fraction of sp³-hybridized carbons (Fsp3) is 0.421. The second kappa shape index (κ2) is 8.29. The third-order valence-corrected chi connectivity index (χ3v) is 5.28. The van der Waals surface area contributed by atoms with E-state index in [4.69, 9.17) is 4.74 Å². The number of carbonyl (C=O) groups is 1. The van der Waals surface area contributed by atoms with Crippen LogP contribution in [0.2, 0.25) is 0 Å². The highest BCUT2D eigenvalue weighted by molar-refractivity contribution is 9.09. The second-order valence-corrected chi connectivity index (χ2v) is 6.73. The first-order valence-electron chi connectivity index (χ1n) is 8.02. The molecule has 0 amide bonds. The van der Waals surface area contributed by atoms with E-state index in [0.29, 0.717) is 22.2 Å². The molecule has 3 nitrogen and oxygen atoms in total. The zero-order valence-electron chi connectivity index (χ0n) is 14.7. The molecule has 1 aliphatic rings. The molecule has 1 aromatic rings. The van der Waals surface area contributed by atoms with Crippen LogP contribution in [0.5, 0.6) is 5.75 Å². The van der Waals surface area contributed by atoms with E-state index in [9.17, 15) is 18.0 Å². The molecule has 0 saturated heterocycles. The summed E-state index contributed by atoms with van der Waals surface area (Å²) in [4.78, 5) is 11.5. The molecule has 0 bridgehead atoms. The molecule has 1 aromatic carbocycles. The van der Waals surface area contributed by atoms with E-state index in [1.165, 1.54) is 20.3 Å². The molecule has 0 heterocycles. The van der Waals surface area contributed by atoms with Crippen LogP contribution in [0.25, 0.3) is 5.57 Å². The lowest BCUT2D eigenvalue weighted by Gasteiger charge is -2.32. The molecule has 0 spiro atoms. The monoisotopic (exact) mass is 432 g/mol. The Morgan fingerprint density at radius 3 is 2.46 bits per heavy atom. The average molecular weight is 433 g/mol. The Balaban J connectivity index is 2.53. The quantitative estimate of drug-likeness (QED) is 0.488. The number of ether oxygens (including phenoxy) is 2. The van der Waals surface area contributed by atoms with Crippen LogP contribution in [-0.2, 0) is 16.0 Å². The number of allylic oxidation sites excluding steroid dienone is 4. The van der Waals surface area contributed by atoms with Crippen molar-refractivity contribution < 1.29 is 27.4 Å². The van der Waals surface area contributed by atoms with Crippen molar-refractivity contribution in [3.63, 3.8) is 0 Å². The zero-order valence-corrected chi connectivity index (χ0v) is 16.3. The molecule has 142 valence electrons. The summed E-state index contributed by atoms with van der Waals surface area (Å²) in [6.07, 6.45) is -1.66. The molecule has 26 heavy (non-hydrogen) atoms. The molecule has 0 aliphatic heterocycles. The maximum Gasteiger partial charge on any atom is 0.412 e. The summed E-state index contributed by atoms with van der Waals surface area (Å²) in [7, 11) is 2.81. The van der Waals surface area contributed by atoms with E-state index in [0.717, 1.165) is 11.6 Å². The number of carbonyl (C=O) groups excluding carboxylic acids is 1. The van der Waals surface area contributed by atoms with Crippen LogP contribution in [-0.4, -0.2) is 31.7 Å². The number of halogens is 4. The van der Waals surface area contributed by atoms with E-state index in [1.54, 1.807) is 25.1 Å². The van der Waals surface area contributed by atoms with Crippen LogP contribution in [0, 0.1) is 11.8 Å². The van der Waals surface area contributed by atoms with E-state index in [2.05, 4.69) is 20.7 Å². The lowest BCUT2D eigenvalue weighted by atomic mass is 9.76. The van der Waals surface area contributed by atoms with Gasteiger partial charge in [0.2, 0.25) is 0 Å². The standard InChI is InChI=1S/C19H20BrF3O3/c1-11-15(10-20)13(5-6-16(11)19(21,22)23)14-8-12(9-18(24)26-3)4-7-17(14)25-2/h4-8,11,15H,9-10H2,1-3H3. The molecule has 2 atom stereocenters. The molecule has 0 fully saturated rings. The number of benzene rings is 1. The summed E-state index contributed by atoms with van der Waals surface area (Å²) >= 11 is 3.35. The lowest BCUT2D eigenvalue weighted by Crippen LogP contribution is -2.28. The number of esters is 1. The minimum atomic E-state index is -4.36. The first-order valence-corrected chi connectivity index (χ1v) is 9.14. The number of alkyl halides is 4. The van der Waals surface area contributed by atoms with Gasteiger partial charge in [-0.15, -0.1) is 0 Å². The molecular formula is C19H20BrF3O3. The smallest absolute Gasteiger partial charge is 0.412 e. The van der Waals surface area contributed by atoms with Gasteiger partial charge in [-0.25, -0.2) is 0 Å². The summed E-state index contributed by atoms with van der Waals surface area (Å²) in [5.41, 5.74) is 1.59. The largest absolute Gasteiger partial charge is 0.496 e. The maximum absolute atomic E-state index is 13.2. The highest BCUT2D eigenvalue weighted by atomic mass is 79.9. The SMILES string of the molecule is COC(=O)Cc1ccc(OC)c(C2=CC=C(C(F)(F)F)C(C)C2CBr)c1. The minimum Gasteiger partial charge on any atom is -0.496 e. The van der Waals surface area contributed by atoms with Crippen LogP contribution in [0.4, 0.5) is 13.2 Å². The van der Waals surface area contributed by atoms with Crippen molar-refractivity contribution in [2.45, 2.75) is 19.5 Å². The van der Waals surface area contributed by atoms with E-state index >= 15 is 0 Å². The number of rotatable bonds is 5. The molecule has 7 heteroatoms. The Morgan fingerprint density at radius 2 is 1.92 bits per heavy atom. The van der Waals surface area contributed by atoms with Gasteiger partial charge in [-0.2, -0.15) is 13.2 Å². The minimum absolute atomic E-state index is 0.0823. The van der Waals surface area contributed by atoms with Crippen molar-refractivity contribution in [2.24, 2.45) is 11.8 Å². The van der Waals surface area contributed by atoms with Crippen LogP contribution in [0.15, 0.2) is 35.9 Å². The predicted octanol–water partition coefficient (Wildman–Crippen LogP) is 4.94. The van der Waals surface area contributed by atoms with Gasteiger partial charge in [-0.1, -0.05) is 41.1 Å². The van der Waals surface area contributed by atoms with Gasteiger partial charge in [-0.3, -0.25) is 4.79 Å². The molecular weight excluding hydrogens is 413 g/mol. The van der Waals surface area contributed by atoms with Crippen LogP contribution >= 0.6 is 15.9 Å². The predicted molar refractivity (Wildman–Crippen MR) is 97.3 cm³/mol. The van der Waals surface area contributed by atoms with Crippen molar-refractivity contribution in [3.05, 3.63) is 47.1 Å². The highest BCUT2D eigenvalue weighted by Gasteiger charge is 2.42. The third-order valence-electron chi connectivity index (χ3n) is 4.58. The van der Waals surface area contributed by atoms with Crippen LogP contribution < -0.4 is 4.74 Å². The van der Waals surface area contributed by atoms with Gasteiger partial charge in [0, 0.05) is 22.4 Å². The molecule has 0 saturated carbocycles. The van der Waals surface area contributed by atoms with Crippen LogP contribution in [0.3, 0.4) is 0 Å².